The van der Waals surface area contributed by atoms with Crippen molar-refractivity contribution in [2.75, 3.05) is 26.3 Å². The highest BCUT2D eigenvalue weighted by atomic mass is 79.9. The largest absolute Gasteiger partial charge is 0.490 e. The first-order valence-electron chi connectivity index (χ1n) is 14.9. The molecule has 6 rings (SSSR count). The maximum Gasteiger partial charge on any atom is 0.252 e. The number of carbonyl (C=O) groups excluding carboxylic acids is 2. The molecule has 2 amide bonds. The standard InChI is InChI=1S/C34H34BrCl2N3O4/c1-21(41)39-19-24-17-27(22-9-13-26(14-10-22)43-15-16-44-31-8-4-7-29(36)33(31)37)32(30(20-39)38-24)34(42)40(25-11-12-25)18-23-5-2-3-6-28(23)35/h2-10,13-14,24-25,30,38H,11-12,15-20H2,1H3/t24-,30-/m1/s1. The number of halogens is 3. The number of ether oxygens (including phenoxy) is 2. The minimum absolute atomic E-state index is 0.0344. The molecular formula is C34H34BrCl2N3O4. The van der Waals surface area contributed by atoms with E-state index in [1.165, 1.54) is 0 Å². The van der Waals surface area contributed by atoms with Crippen LogP contribution in [0.5, 0.6) is 11.5 Å². The van der Waals surface area contributed by atoms with Crippen LogP contribution in [0.4, 0.5) is 0 Å². The fourth-order valence-electron chi connectivity index (χ4n) is 6.00. The Labute approximate surface area is 276 Å². The van der Waals surface area contributed by atoms with Gasteiger partial charge in [-0.2, -0.15) is 0 Å². The van der Waals surface area contributed by atoms with Crippen LogP contribution in [0.2, 0.25) is 10.0 Å². The number of carbonyl (C=O) groups is 2. The molecule has 1 saturated heterocycles. The fraction of sp³-hybridized carbons (Fsp3) is 0.353. The molecule has 1 aliphatic carbocycles. The molecule has 0 aromatic heterocycles. The summed E-state index contributed by atoms with van der Waals surface area (Å²) in [6.45, 7) is 3.87. The molecule has 2 aliphatic heterocycles. The Bertz CT molecular complexity index is 1580. The lowest BCUT2D eigenvalue weighted by atomic mass is 9.82. The third-order valence-corrected chi connectivity index (χ3v) is 9.93. The van der Waals surface area contributed by atoms with Crippen molar-refractivity contribution < 1.29 is 19.1 Å². The maximum atomic E-state index is 14.5. The summed E-state index contributed by atoms with van der Waals surface area (Å²) in [5, 5.41) is 4.48. The molecule has 44 heavy (non-hydrogen) atoms. The Kier molecular flexibility index (Phi) is 9.52. The molecule has 1 saturated carbocycles. The Morgan fingerprint density at radius 1 is 0.977 bits per heavy atom. The number of fused-ring (bicyclic) bond motifs is 2. The minimum atomic E-state index is -0.235. The van der Waals surface area contributed by atoms with Gasteiger partial charge in [0.1, 0.15) is 29.7 Å². The van der Waals surface area contributed by atoms with Gasteiger partial charge in [0.25, 0.3) is 5.91 Å². The van der Waals surface area contributed by atoms with Gasteiger partial charge in [-0.3, -0.25) is 9.59 Å². The van der Waals surface area contributed by atoms with Crippen LogP contribution in [-0.2, 0) is 16.1 Å². The predicted molar refractivity (Wildman–Crippen MR) is 176 cm³/mol. The van der Waals surface area contributed by atoms with Crippen LogP contribution in [0.25, 0.3) is 5.57 Å². The van der Waals surface area contributed by atoms with Crippen LogP contribution < -0.4 is 14.8 Å². The summed E-state index contributed by atoms with van der Waals surface area (Å²) < 4.78 is 12.7. The van der Waals surface area contributed by atoms with Crippen molar-refractivity contribution in [2.45, 2.75) is 50.9 Å². The fourth-order valence-corrected chi connectivity index (χ4v) is 6.76. The summed E-state index contributed by atoms with van der Waals surface area (Å²) in [6.07, 6.45) is 2.65. The monoisotopic (exact) mass is 697 g/mol. The van der Waals surface area contributed by atoms with Crippen LogP contribution in [0, 0.1) is 0 Å². The number of amides is 2. The summed E-state index contributed by atoms with van der Waals surface area (Å²) >= 11 is 15.9. The summed E-state index contributed by atoms with van der Waals surface area (Å²) in [5.41, 5.74) is 3.86. The molecule has 10 heteroatoms. The lowest BCUT2D eigenvalue weighted by Crippen LogP contribution is -2.61. The SMILES string of the molecule is CC(=O)N1C[C@H]2CC(c3ccc(OCCOc4cccc(Cl)c4Cl)cc3)=C(C(=O)N(Cc3ccccc3Br)C3CC3)[C@@H](C1)N2. The third-order valence-electron chi connectivity index (χ3n) is 8.36. The second-order valence-electron chi connectivity index (χ2n) is 11.5. The second kappa shape index (κ2) is 13.5. The summed E-state index contributed by atoms with van der Waals surface area (Å²) in [5.74, 6) is 1.29. The average molecular weight is 699 g/mol. The van der Waals surface area contributed by atoms with E-state index in [1.807, 2.05) is 52.3 Å². The number of hydrogen-bond donors (Lipinski definition) is 1. The number of hydrogen-bond acceptors (Lipinski definition) is 5. The first-order chi connectivity index (χ1) is 21.3. The normalized spacial score (nSPS) is 19.5. The minimum Gasteiger partial charge on any atom is -0.490 e. The van der Waals surface area contributed by atoms with Gasteiger partial charge in [0.05, 0.1) is 11.1 Å². The molecule has 1 N–H and O–H groups in total. The topological polar surface area (TPSA) is 71.1 Å². The smallest absolute Gasteiger partial charge is 0.252 e. The predicted octanol–water partition coefficient (Wildman–Crippen LogP) is 6.75. The quantitative estimate of drug-likeness (QED) is 0.237. The van der Waals surface area contributed by atoms with Gasteiger partial charge in [-0.25, -0.2) is 0 Å². The highest BCUT2D eigenvalue weighted by Gasteiger charge is 2.43. The van der Waals surface area contributed by atoms with Gasteiger partial charge < -0.3 is 24.6 Å². The second-order valence-corrected chi connectivity index (χ2v) is 13.1. The van der Waals surface area contributed by atoms with E-state index >= 15 is 0 Å². The van der Waals surface area contributed by atoms with E-state index < -0.39 is 0 Å². The summed E-state index contributed by atoms with van der Waals surface area (Å²) in [6, 6.07) is 21.3. The molecule has 2 heterocycles. The Balaban J connectivity index is 1.23. The Morgan fingerprint density at radius 3 is 2.45 bits per heavy atom. The van der Waals surface area contributed by atoms with Gasteiger partial charge in [-0.15, -0.1) is 0 Å². The number of piperazine rings is 1. The molecular weight excluding hydrogens is 665 g/mol. The van der Waals surface area contributed by atoms with Crippen molar-refractivity contribution in [1.29, 1.82) is 0 Å². The molecule has 0 spiro atoms. The third kappa shape index (κ3) is 6.94. The molecule has 0 unspecified atom stereocenters. The van der Waals surface area contributed by atoms with Crippen molar-refractivity contribution in [3.8, 4) is 11.5 Å². The van der Waals surface area contributed by atoms with E-state index in [-0.39, 0.29) is 29.9 Å². The van der Waals surface area contributed by atoms with Crippen LogP contribution >= 0.6 is 39.1 Å². The van der Waals surface area contributed by atoms with Crippen LogP contribution in [0.3, 0.4) is 0 Å². The lowest BCUT2D eigenvalue weighted by molar-refractivity contribution is -0.132. The zero-order chi connectivity index (χ0) is 30.8. The number of nitrogens with zero attached hydrogens (tertiary/aromatic N) is 2. The molecule has 3 aliphatic rings. The zero-order valence-corrected chi connectivity index (χ0v) is 27.5. The number of benzene rings is 3. The van der Waals surface area contributed by atoms with Crippen LogP contribution in [0.1, 0.15) is 37.3 Å². The van der Waals surface area contributed by atoms with Gasteiger partial charge >= 0.3 is 0 Å². The highest BCUT2D eigenvalue weighted by Crippen LogP contribution is 2.38. The van der Waals surface area contributed by atoms with E-state index in [9.17, 15) is 9.59 Å². The first kappa shape index (κ1) is 31.0. The summed E-state index contributed by atoms with van der Waals surface area (Å²) in [7, 11) is 0. The lowest BCUT2D eigenvalue weighted by Gasteiger charge is -2.44. The molecule has 0 radical (unpaired) electrons. The van der Waals surface area contributed by atoms with E-state index in [0.717, 1.165) is 39.6 Å². The van der Waals surface area contributed by atoms with E-state index in [0.29, 0.717) is 60.8 Å². The van der Waals surface area contributed by atoms with E-state index in [2.05, 4.69) is 27.3 Å². The molecule has 230 valence electrons. The Hall–Kier alpha value is -3.04. The Morgan fingerprint density at radius 2 is 1.73 bits per heavy atom. The van der Waals surface area contributed by atoms with Crippen molar-refractivity contribution >= 4 is 56.5 Å². The van der Waals surface area contributed by atoms with Crippen molar-refractivity contribution in [1.82, 2.24) is 15.1 Å². The summed E-state index contributed by atoms with van der Waals surface area (Å²) in [4.78, 5) is 30.8. The average Bonchev–Trinajstić information content (AvgIpc) is 3.86. The van der Waals surface area contributed by atoms with Crippen molar-refractivity contribution in [3.63, 3.8) is 0 Å². The molecule has 2 fully saturated rings. The van der Waals surface area contributed by atoms with Crippen molar-refractivity contribution in [3.05, 3.63) is 97.9 Å². The molecule has 3 aromatic rings. The van der Waals surface area contributed by atoms with Gasteiger partial charge in [0.2, 0.25) is 5.91 Å². The highest BCUT2D eigenvalue weighted by molar-refractivity contribution is 9.10. The van der Waals surface area contributed by atoms with Gasteiger partial charge in [-0.1, -0.05) is 75.5 Å². The molecule has 7 nitrogen and oxygen atoms in total. The van der Waals surface area contributed by atoms with Crippen LogP contribution in [-0.4, -0.2) is 66.0 Å². The molecule has 3 aromatic carbocycles. The van der Waals surface area contributed by atoms with Gasteiger partial charge in [0, 0.05) is 48.7 Å². The number of nitrogens with one attached hydrogen (secondary N) is 1. The van der Waals surface area contributed by atoms with Crippen molar-refractivity contribution in [2.24, 2.45) is 0 Å². The van der Waals surface area contributed by atoms with Gasteiger partial charge in [-0.05, 0) is 66.3 Å². The van der Waals surface area contributed by atoms with Crippen LogP contribution in [0.15, 0.2) is 76.8 Å². The van der Waals surface area contributed by atoms with E-state index in [4.69, 9.17) is 32.7 Å². The van der Waals surface area contributed by atoms with E-state index in [1.54, 1.807) is 25.1 Å². The first-order valence-corrected chi connectivity index (χ1v) is 16.4. The molecule has 2 bridgehead atoms. The zero-order valence-electron chi connectivity index (χ0n) is 24.4. The van der Waals surface area contributed by atoms with Gasteiger partial charge in [0.15, 0.2) is 0 Å². The number of rotatable bonds is 10. The maximum absolute atomic E-state index is 14.5. The molecule has 2 atom stereocenters.